The van der Waals surface area contributed by atoms with Gasteiger partial charge in [0.05, 0.1) is 5.75 Å². The van der Waals surface area contributed by atoms with Crippen molar-refractivity contribution in [3.8, 4) is 11.5 Å². The number of carbonyl (C=O) groups is 2. The molecule has 0 bridgehead atoms. The minimum absolute atomic E-state index is 0.0944. The molecule has 2 heterocycles. The van der Waals surface area contributed by atoms with Crippen LogP contribution in [0, 0.1) is 0 Å². The van der Waals surface area contributed by atoms with E-state index >= 15 is 0 Å². The molecule has 3 aromatic carbocycles. The van der Waals surface area contributed by atoms with Crippen LogP contribution in [0.2, 0.25) is 5.02 Å². The lowest BCUT2D eigenvalue weighted by molar-refractivity contribution is -0.128. The third kappa shape index (κ3) is 4.79. The Morgan fingerprint density at radius 1 is 1.00 bits per heavy atom. The number of anilines is 1. The first-order valence-electron chi connectivity index (χ1n) is 10.5. The van der Waals surface area contributed by atoms with Crippen molar-refractivity contribution in [2.45, 2.75) is 11.9 Å². The molecule has 0 unspecified atom stereocenters. The molecule has 3 aromatic rings. The summed E-state index contributed by atoms with van der Waals surface area (Å²) in [6, 6.07) is 20.2. The number of amides is 2. The summed E-state index contributed by atoms with van der Waals surface area (Å²) in [7, 11) is 0. The molecule has 5 rings (SSSR count). The van der Waals surface area contributed by atoms with E-state index in [2.05, 4.69) is 5.32 Å². The molecule has 33 heavy (non-hydrogen) atoms. The fourth-order valence-electron chi connectivity index (χ4n) is 3.81. The van der Waals surface area contributed by atoms with Gasteiger partial charge >= 0.3 is 0 Å². The highest BCUT2D eigenvalue weighted by Crippen LogP contribution is 2.39. The number of halogens is 1. The summed E-state index contributed by atoms with van der Waals surface area (Å²) in [5, 5.41) is 3.47. The van der Waals surface area contributed by atoms with Gasteiger partial charge in [-0.05, 0) is 47.5 Å². The van der Waals surface area contributed by atoms with E-state index in [1.807, 2.05) is 41.3 Å². The summed E-state index contributed by atoms with van der Waals surface area (Å²) in [5.74, 6) is 1.62. The van der Waals surface area contributed by atoms with Crippen molar-refractivity contribution in [3.05, 3.63) is 88.4 Å². The molecule has 1 atom stereocenters. The first kappa shape index (κ1) is 21.7. The number of fused-ring (bicyclic) bond motifs is 1. The second-order valence-electron chi connectivity index (χ2n) is 7.75. The number of nitrogens with one attached hydrogen (secondary N) is 1. The van der Waals surface area contributed by atoms with Gasteiger partial charge in [-0.3, -0.25) is 9.59 Å². The number of hydrogen-bond acceptors (Lipinski definition) is 5. The second-order valence-corrected chi connectivity index (χ2v) is 9.25. The summed E-state index contributed by atoms with van der Waals surface area (Å²) < 4.78 is 11.1. The summed E-state index contributed by atoms with van der Waals surface area (Å²) in [4.78, 5) is 27.1. The fraction of sp³-hybridized carbons (Fsp3) is 0.200. The van der Waals surface area contributed by atoms with Crippen LogP contribution in [0.1, 0.15) is 26.9 Å². The monoisotopic (exact) mass is 480 g/mol. The topological polar surface area (TPSA) is 67.9 Å². The van der Waals surface area contributed by atoms with Crippen LogP contribution in [0.25, 0.3) is 0 Å². The minimum atomic E-state index is -0.216. The van der Waals surface area contributed by atoms with Gasteiger partial charge < -0.3 is 19.7 Å². The maximum Gasteiger partial charge on any atom is 0.255 e. The molecule has 0 aromatic heterocycles. The van der Waals surface area contributed by atoms with E-state index in [9.17, 15) is 9.59 Å². The number of carbonyl (C=O) groups excluding carboxylic acids is 2. The van der Waals surface area contributed by atoms with Crippen LogP contribution < -0.4 is 14.8 Å². The zero-order valence-electron chi connectivity index (χ0n) is 17.6. The quantitative estimate of drug-likeness (QED) is 0.547. The van der Waals surface area contributed by atoms with Crippen molar-refractivity contribution >= 4 is 40.9 Å². The normalized spacial score (nSPS) is 17.2. The first-order valence-corrected chi connectivity index (χ1v) is 12.0. The lowest BCUT2D eigenvalue weighted by atomic mass is 10.1. The van der Waals surface area contributed by atoms with Crippen molar-refractivity contribution in [2.24, 2.45) is 0 Å². The Kier molecular flexibility index (Phi) is 6.15. The van der Waals surface area contributed by atoms with Crippen LogP contribution in [-0.4, -0.2) is 35.7 Å². The van der Waals surface area contributed by atoms with Gasteiger partial charge in [0.25, 0.3) is 5.91 Å². The van der Waals surface area contributed by atoms with Crippen molar-refractivity contribution in [3.63, 3.8) is 0 Å². The Bertz CT molecular complexity index is 1180. The van der Waals surface area contributed by atoms with Gasteiger partial charge in [-0.1, -0.05) is 35.9 Å². The van der Waals surface area contributed by atoms with Crippen LogP contribution in [0.3, 0.4) is 0 Å². The van der Waals surface area contributed by atoms with Crippen LogP contribution in [0.5, 0.6) is 11.5 Å². The highest BCUT2D eigenvalue weighted by molar-refractivity contribution is 8.00. The van der Waals surface area contributed by atoms with Crippen molar-refractivity contribution in [1.29, 1.82) is 0 Å². The highest BCUT2D eigenvalue weighted by atomic mass is 35.5. The van der Waals surface area contributed by atoms with E-state index < -0.39 is 0 Å². The predicted molar refractivity (Wildman–Crippen MR) is 129 cm³/mol. The second kappa shape index (κ2) is 9.37. The third-order valence-corrected chi connectivity index (χ3v) is 7.00. The Labute approximate surface area is 200 Å². The van der Waals surface area contributed by atoms with Gasteiger partial charge in [-0.25, -0.2) is 0 Å². The lowest BCUT2D eigenvalue weighted by Gasteiger charge is -2.24. The number of rotatable bonds is 5. The van der Waals surface area contributed by atoms with Crippen LogP contribution >= 0.6 is 23.4 Å². The number of ether oxygens (including phenoxy) is 2. The van der Waals surface area contributed by atoms with Crippen molar-refractivity contribution in [2.75, 3.05) is 24.3 Å². The number of hydrogen-bond donors (Lipinski definition) is 1. The average molecular weight is 481 g/mol. The predicted octanol–water partition coefficient (Wildman–Crippen LogP) is 5.14. The summed E-state index contributed by atoms with van der Waals surface area (Å²) in [6.45, 7) is 1.52. The highest BCUT2D eigenvalue weighted by Gasteiger charge is 2.32. The summed E-state index contributed by atoms with van der Waals surface area (Å²) >= 11 is 7.56. The fourth-order valence-corrected chi connectivity index (χ4v) is 5.13. The van der Waals surface area contributed by atoms with Gasteiger partial charge in [-0.15, -0.1) is 11.8 Å². The zero-order valence-corrected chi connectivity index (χ0v) is 19.2. The maximum absolute atomic E-state index is 12.7. The van der Waals surface area contributed by atoms with Crippen LogP contribution in [0.4, 0.5) is 5.69 Å². The molecule has 1 N–H and O–H groups in total. The molecule has 0 spiro atoms. The molecular formula is C25H21ClN2O4S. The van der Waals surface area contributed by atoms with Gasteiger partial charge in [0.2, 0.25) is 5.91 Å². The Hall–Kier alpha value is -3.16. The van der Waals surface area contributed by atoms with Gasteiger partial charge in [0.1, 0.15) is 18.6 Å². The Balaban J connectivity index is 1.27. The van der Waals surface area contributed by atoms with Crippen molar-refractivity contribution < 1.29 is 19.1 Å². The molecule has 6 nitrogen and oxygen atoms in total. The van der Waals surface area contributed by atoms with Gasteiger partial charge in [-0.2, -0.15) is 0 Å². The molecule has 0 aliphatic carbocycles. The molecule has 8 heteroatoms. The number of thioether (sulfide) groups is 1. The van der Waals surface area contributed by atoms with E-state index in [4.69, 9.17) is 21.1 Å². The maximum atomic E-state index is 12.7. The molecule has 168 valence electrons. The smallest absolute Gasteiger partial charge is 0.255 e. The number of benzene rings is 3. The molecular weight excluding hydrogens is 460 g/mol. The lowest BCUT2D eigenvalue weighted by Crippen LogP contribution is -2.27. The van der Waals surface area contributed by atoms with E-state index in [0.717, 1.165) is 11.1 Å². The van der Waals surface area contributed by atoms with Crippen LogP contribution in [-0.2, 0) is 11.3 Å². The van der Waals surface area contributed by atoms with E-state index in [-0.39, 0.29) is 17.2 Å². The molecule has 0 radical (unpaired) electrons. The largest absolute Gasteiger partial charge is 0.486 e. The van der Waals surface area contributed by atoms with E-state index in [1.165, 1.54) is 0 Å². The van der Waals surface area contributed by atoms with Gasteiger partial charge in [0.15, 0.2) is 11.5 Å². The first-order chi connectivity index (χ1) is 16.1. The number of nitrogens with zero attached hydrogens (tertiary/aromatic N) is 1. The third-order valence-electron chi connectivity index (χ3n) is 5.49. The van der Waals surface area contributed by atoms with E-state index in [1.54, 1.807) is 42.1 Å². The zero-order chi connectivity index (χ0) is 22.8. The summed E-state index contributed by atoms with van der Waals surface area (Å²) in [6.07, 6.45) is 0. The summed E-state index contributed by atoms with van der Waals surface area (Å²) in [5.41, 5.74) is 3.18. The van der Waals surface area contributed by atoms with Crippen molar-refractivity contribution in [1.82, 2.24) is 4.90 Å². The van der Waals surface area contributed by atoms with Crippen LogP contribution in [0.15, 0.2) is 66.7 Å². The Morgan fingerprint density at radius 3 is 2.48 bits per heavy atom. The molecule has 2 aliphatic rings. The molecule has 2 amide bonds. The molecule has 2 aliphatic heterocycles. The molecule has 0 saturated carbocycles. The SMILES string of the molecule is O=C(Nc1ccc2c(c1)OCCO2)c1ccc([C@H]2SCC(=O)N2Cc2ccc(Cl)cc2)cc1. The molecule has 1 saturated heterocycles. The Morgan fingerprint density at radius 2 is 1.73 bits per heavy atom. The minimum Gasteiger partial charge on any atom is -0.486 e. The standard InChI is InChI=1S/C25H21ClN2O4S/c26-19-7-1-16(2-8-19)14-28-23(29)15-33-25(28)18-5-3-17(4-6-18)24(30)27-20-9-10-21-22(13-20)32-12-11-31-21/h1-10,13,25H,11-12,14-15H2,(H,27,30)/t25-/m1/s1. The van der Waals surface area contributed by atoms with Gasteiger partial charge in [0, 0.05) is 28.9 Å². The van der Waals surface area contributed by atoms with E-state index in [0.29, 0.717) is 53.3 Å². The molecule has 1 fully saturated rings. The average Bonchev–Trinajstić information content (AvgIpc) is 3.20.